The van der Waals surface area contributed by atoms with Crippen molar-refractivity contribution in [3.63, 3.8) is 0 Å². The lowest BCUT2D eigenvalue weighted by Gasteiger charge is -2.25. The Morgan fingerprint density at radius 3 is 2.88 bits per heavy atom. The van der Waals surface area contributed by atoms with Crippen LogP contribution in [0.5, 0.6) is 0 Å². The van der Waals surface area contributed by atoms with Gasteiger partial charge in [0.05, 0.1) is 0 Å². The minimum atomic E-state index is 0.196. The first-order valence-corrected chi connectivity index (χ1v) is 7.89. The van der Waals surface area contributed by atoms with Gasteiger partial charge in [-0.15, -0.1) is 0 Å². The summed E-state index contributed by atoms with van der Waals surface area (Å²) in [5.74, 6) is 0.579. The van der Waals surface area contributed by atoms with Gasteiger partial charge in [-0.05, 0) is 69.3 Å². The van der Waals surface area contributed by atoms with Crippen LogP contribution >= 0.6 is 45.2 Å². The molecule has 0 nitrogen and oxygen atoms in total. The van der Waals surface area contributed by atoms with E-state index in [1.165, 1.54) is 9.15 Å². The van der Waals surface area contributed by atoms with Crippen molar-refractivity contribution < 1.29 is 0 Å². The lowest BCUT2D eigenvalue weighted by atomic mass is 9.80. The van der Waals surface area contributed by atoms with E-state index < -0.39 is 0 Å². The summed E-state index contributed by atoms with van der Waals surface area (Å²) >= 11 is 4.67. The average Bonchev–Trinajstić information content (AvgIpc) is 2.48. The summed E-state index contributed by atoms with van der Waals surface area (Å²) in [6.45, 7) is 8.53. The van der Waals surface area contributed by atoms with Crippen molar-refractivity contribution in [3.05, 3.63) is 55.3 Å². The molecule has 0 fully saturated rings. The molecule has 0 heterocycles. The van der Waals surface area contributed by atoms with Gasteiger partial charge in [0.15, 0.2) is 0 Å². The lowest BCUT2D eigenvalue weighted by Crippen LogP contribution is -2.14. The van der Waals surface area contributed by atoms with Crippen molar-refractivity contribution in [2.45, 2.75) is 20.3 Å². The van der Waals surface area contributed by atoms with Crippen LogP contribution in [0.1, 0.15) is 20.3 Å². The third kappa shape index (κ3) is 2.95. The van der Waals surface area contributed by atoms with Gasteiger partial charge in [-0.1, -0.05) is 44.2 Å². The molecule has 90 valence electrons. The molecule has 2 aliphatic rings. The van der Waals surface area contributed by atoms with Crippen LogP contribution in [0, 0.1) is 11.3 Å². The van der Waals surface area contributed by atoms with Crippen LogP contribution in [-0.4, -0.2) is 0 Å². The van der Waals surface area contributed by atoms with Gasteiger partial charge < -0.3 is 0 Å². The SMILES string of the molecule is C=C(I)/C=C\C1=CC(C)(C)C2=CC(I)=CCC12. The molecule has 0 spiro atoms. The van der Waals surface area contributed by atoms with Crippen molar-refractivity contribution in [2.75, 3.05) is 0 Å². The summed E-state index contributed by atoms with van der Waals surface area (Å²) in [7, 11) is 0. The topological polar surface area (TPSA) is 0 Å². The summed E-state index contributed by atoms with van der Waals surface area (Å²) in [6.07, 6.45) is 12.6. The third-order valence-corrected chi connectivity index (χ3v) is 4.46. The van der Waals surface area contributed by atoms with Gasteiger partial charge >= 0.3 is 0 Å². The molecule has 0 aliphatic heterocycles. The van der Waals surface area contributed by atoms with Gasteiger partial charge in [-0.3, -0.25) is 0 Å². The fourth-order valence-electron chi connectivity index (χ4n) is 2.57. The number of fused-ring (bicyclic) bond motifs is 1. The highest BCUT2D eigenvalue weighted by molar-refractivity contribution is 14.1. The molecule has 0 radical (unpaired) electrons. The smallest absolute Gasteiger partial charge is 0.00923 e. The zero-order valence-corrected chi connectivity index (χ0v) is 14.4. The minimum Gasteiger partial charge on any atom is -0.0856 e. The van der Waals surface area contributed by atoms with Gasteiger partial charge in [-0.25, -0.2) is 0 Å². The van der Waals surface area contributed by atoms with Crippen molar-refractivity contribution in [1.82, 2.24) is 0 Å². The normalized spacial score (nSPS) is 26.4. The third-order valence-electron chi connectivity index (χ3n) is 3.35. The molecule has 0 amide bonds. The van der Waals surface area contributed by atoms with E-state index in [1.54, 1.807) is 5.57 Å². The van der Waals surface area contributed by atoms with Crippen LogP contribution in [0.15, 0.2) is 55.3 Å². The second-order valence-corrected chi connectivity index (χ2v) is 7.75. The Balaban J connectivity index is 2.34. The number of allylic oxidation sites excluding steroid dienone is 9. The molecule has 0 N–H and O–H groups in total. The van der Waals surface area contributed by atoms with E-state index in [-0.39, 0.29) is 5.41 Å². The van der Waals surface area contributed by atoms with Gasteiger partial charge in [0.2, 0.25) is 0 Å². The first-order chi connectivity index (χ1) is 7.90. The molecule has 0 saturated carbocycles. The number of hydrogen-bond donors (Lipinski definition) is 0. The molecular weight excluding hydrogens is 434 g/mol. The largest absolute Gasteiger partial charge is 0.0856 e. The molecule has 0 aromatic carbocycles. The van der Waals surface area contributed by atoms with Crippen LogP contribution < -0.4 is 0 Å². The van der Waals surface area contributed by atoms with Crippen LogP contribution in [0.3, 0.4) is 0 Å². The van der Waals surface area contributed by atoms with E-state index in [1.807, 2.05) is 0 Å². The maximum absolute atomic E-state index is 3.91. The second kappa shape index (κ2) is 5.03. The van der Waals surface area contributed by atoms with E-state index in [0.29, 0.717) is 5.92 Å². The van der Waals surface area contributed by atoms with E-state index in [0.717, 1.165) is 10.0 Å². The summed E-state index contributed by atoms with van der Waals surface area (Å²) < 4.78 is 2.46. The fourth-order valence-corrected chi connectivity index (χ4v) is 3.34. The van der Waals surface area contributed by atoms with Gasteiger partial charge in [0, 0.05) is 18.5 Å². The first-order valence-electron chi connectivity index (χ1n) is 5.73. The van der Waals surface area contributed by atoms with Crippen molar-refractivity contribution in [2.24, 2.45) is 11.3 Å². The zero-order chi connectivity index (χ0) is 12.6. The van der Waals surface area contributed by atoms with Gasteiger partial charge in [0.1, 0.15) is 0 Å². The maximum Gasteiger partial charge on any atom is 0.00923 e. The molecular formula is C15H16I2. The standard InChI is InChI=1S/C15H16I2/c1-10(16)4-5-11-9-15(2,3)14-8-12(17)6-7-13(11)14/h4-6,8-9,13H,1,7H2,2-3H3/b5-4-. The van der Waals surface area contributed by atoms with Crippen LogP contribution in [0.2, 0.25) is 0 Å². The van der Waals surface area contributed by atoms with Gasteiger partial charge in [-0.2, -0.15) is 0 Å². The molecule has 0 aromatic rings. The van der Waals surface area contributed by atoms with Crippen molar-refractivity contribution in [3.8, 4) is 0 Å². The number of hydrogen-bond acceptors (Lipinski definition) is 0. The lowest BCUT2D eigenvalue weighted by molar-refractivity contribution is 0.545. The minimum absolute atomic E-state index is 0.196. The molecule has 2 aliphatic carbocycles. The second-order valence-electron chi connectivity index (χ2n) is 5.12. The highest BCUT2D eigenvalue weighted by Gasteiger charge is 2.36. The molecule has 2 heteroatoms. The molecule has 0 bridgehead atoms. The molecule has 0 saturated heterocycles. The Hall–Kier alpha value is 0.160. The van der Waals surface area contributed by atoms with E-state index in [2.05, 4.69) is 96.0 Å². The van der Waals surface area contributed by atoms with Crippen LogP contribution in [0.25, 0.3) is 0 Å². The highest BCUT2D eigenvalue weighted by atomic mass is 127. The van der Waals surface area contributed by atoms with Gasteiger partial charge in [0.25, 0.3) is 0 Å². The molecule has 17 heavy (non-hydrogen) atoms. The molecule has 2 rings (SSSR count). The Kier molecular flexibility index (Phi) is 4.02. The van der Waals surface area contributed by atoms with Crippen molar-refractivity contribution >= 4 is 45.2 Å². The van der Waals surface area contributed by atoms with E-state index in [9.17, 15) is 0 Å². The predicted octanol–water partition coefficient (Wildman–Crippen LogP) is 5.72. The van der Waals surface area contributed by atoms with Crippen LogP contribution in [0.4, 0.5) is 0 Å². The Bertz CT molecular complexity index is 473. The quantitative estimate of drug-likeness (QED) is 0.373. The highest BCUT2D eigenvalue weighted by Crippen LogP contribution is 2.49. The Morgan fingerprint density at radius 1 is 1.53 bits per heavy atom. The predicted molar refractivity (Wildman–Crippen MR) is 92.5 cm³/mol. The average molecular weight is 450 g/mol. The summed E-state index contributed by atoms with van der Waals surface area (Å²) in [5, 5.41) is 0. The molecule has 1 unspecified atom stereocenters. The zero-order valence-electron chi connectivity index (χ0n) is 10.1. The van der Waals surface area contributed by atoms with E-state index in [4.69, 9.17) is 0 Å². The summed E-state index contributed by atoms with van der Waals surface area (Å²) in [6, 6.07) is 0. The molecule has 0 aromatic heterocycles. The molecule has 1 atom stereocenters. The Labute approximate surface area is 131 Å². The summed E-state index contributed by atoms with van der Waals surface area (Å²) in [4.78, 5) is 0. The first kappa shape index (κ1) is 13.6. The number of rotatable bonds is 2. The van der Waals surface area contributed by atoms with E-state index >= 15 is 0 Å². The number of halogens is 2. The maximum atomic E-state index is 3.91. The fraction of sp³-hybridized carbons (Fsp3) is 0.333. The van der Waals surface area contributed by atoms with Crippen LogP contribution in [-0.2, 0) is 0 Å². The van der Waals surface area contributed by atoms with Crippen molar-refractivity contribution in [1.29, 1.82) is 0 Å². The summed E-state index contributed by atoms with van der Waals surface area (Å²) in [5.41, 5.74) is 3.20. The Morgan fingerprint density at radius 2 is 2.24 bits per heavy atom. The monoisotopic (exact) mass is 450 g/mol.